The maximum atomic E-state index is 12.8. The van der Waals surface area contributed by atoms with Gasteiger partial charge in [0.2, 0.25) is 0 Å². The second-order valence-corrected chi connectivity index (χ2v) is 5.17. The lowest BCUT2D eigenvalue weighted by atomic mass is 9.99. The van der Waals surface area contributed by atoms with E-state index < -0.39 is 0 Å². The molecule has 2 N–H and O–H groups in total. The van der Waals surface area contributed by atoms with E-state index in [0.717, 1.165) is 6.42 Å². The van der Waals surface area contributed by atoms with Gasteiger partial charge in [-0.2, -0.15) is 0 Å². The van der Waals surface area contributed by atoms with E-state index in [9.17, 15) is 4.79 Å². The third-order valence-electron chi connectivity index (χ3n) is 3.91. The van der Waals surface area contributed by atoms with E-state index in [1.54, 1.807) is 25.3 Å². The van der Waals surface area contributed by atoms with E-state index >= 15 is 0 Å². The largest absolute Gasteiger partial charge is 0.496 e. The molecule has 4 heteroatoms. The molecule has 3 rings (SSSR count). The highest BCUT2D eigenvalue weighted by molar-refractivity contribution is 6.02. The third kappa shape index (κ3) is 2.44. The lowest BCUT2D eigenvalue weighted by molar-refractivity contribution is 0.0732. The Morgan fingerprint density at radius 3 is 2.67 bits per heavy atom. The molecule has 0 saturated heterocycles. The van der Waals surface area contributed by atoms with Crippen molar-refractivity contribution in [3.05, 3.63) is 59.2 Å². The van der Waals surface area contributed by atoms with Crippen molar-refractivity contribution in [3.8, 4) is 5.75 Å². The zero-order valence-electron chi connectivity index (χ0n) is 12.0. The lowest BCUT2D eigenvalue weighted by Crippen LogP contribution is -2.36. The van der Waals surface area contributed by atoms with Gasteiger partial charge in [-0.15, -0.1) is 0 Å². The number of benzene rings is 2. The first kappa shape index (κ1) is 13.5. The topological polar surface area (TPSA) is 55.6 Å². The molecular weight excluding hydrogens is 264 g/mol. The number of carbonyl (C=O) groups excluding carboxylic acids is 1. The van der Waals surface area contributed by atoms with Crippen LogP contribution in [0.5, 0.6) is 5.75 Å². The van der Waals surface area contributed by atoms with Gasteiger partial charge in [-0.05, 0) is 29.7 Å². The second kappa shape index (κ2) is 5.48. The molecule has 1 aliphatic heterocycles. The summed E-state index contributed by atoms with van der Waals surface area (Å²) in [7, 11) is 1.55. The van der Waals surface area contributed by atoms with Gasteiger partial charge in [-0.1, -0.05) is 30.3 Å². The van der Waals surface area contributed by atoms with E-state index in [2.05, 4.69) is 12.1 Å². The number of ether oxygens (including phenoxy) is 1. The van der Waals surface area contributed by atoms with E-state index in [-0.39, 0.29) is 5.91 Å². The summed E-state index contributed by atoms with van der Waals surface area (Å²) in [6, 6.07) is 13.5. The monoisotopic (exact) mass is 282 g/mol. The van der Waals surface area contributed by atoms with Gasteiger partial charge in [-0.25, -0.2) is 0 Å². The molecule has 1 aliphatic rings. The molecule has 0 aromatic heterocycles. The van der Waals surface area contributed by atoms with Crippen LogP contribution in [0.1, 0.15) is 21.5 Å². The van der Waals surface area contributed by atoms with Gasteiger partial charge in [0, 0.05) is 18.8 Å². The fourth-order valence-corrected chi connectivity index (χ4v) is 2.77. The van der Waals surface area contributed by atoms with Crippen LogP contribution in [0.25, 0.3) is 0 Å². The molecule has 0 spiro atoms. The molecule has 21 heavy (non-hydrogen) atoms. The summed E-state index contributed by atoms with van der Waals surface area (Å²) in [5, 5.41) is 0. The van der Waals surface area contributed by atoms with Crippen molar-refractivity contribution >= 4 is 11.6 Å². The molecule has 2 aromatic rings. The number of carbonyl (C=O) groups is 1. The van der Waals surface area contributed by atoms with Gasteiger partial charge < -0.3 is 15.4 Å². The van der Waals surface area contributed by atoms with E-state index in [1.165, 1.54) is 11.1 Å². The maximum absolute atomic E-state index is 12.8. The van der Waals surface area contributed by atoms with E-state index in [4.69, 9.17) is 10.5 Å². The quantitative estimate of drug-likeness (QED) is 0.861. The standard InChI is InChI=1S/C17H18N2O2/c1-21-15-8-4-7-14(18)16(15)17(20)19-10-9-12-5-2-3-6-13(12)11-19/h2-8H,9-11,18H2,1H3. The number of anilines is 1. The summed E-state index contributed by atoms with van der Waals surface area (Å²) < 4.78 is 5.28. The summed E-state index contributed by atoms with van der Waals surface area (Å²) in [5.41, 5.74) is 9.40. The van der Waals surface area contributed by atoms with Crippen molar-refractivity contribution in [2.24, 2.45) is 0 Å². The van der Waals surface area contributed by atoms with Crippen molar-refractivity contribution < 1.29 is 9.53 Å². The minimum absolute atomic E-state index is 0.0700. The first-order chi connectivity index (χ1) is 10.2. The number of fused-ring (bicyclic) bond motifs is 1. The first-order valence-corrected chi connectivity index (χ1v) is 6.99. The molecule has 1 heterocycles. The molecule has 4 nitrogen and oxygen atoms in total. The highest BCUT2D eigenvalue weighted by Gasteiger charge is 2.25. The van der Waals surface area contributed by atoms with Crippen LogP contribution in [0.4, 0.5) is 5.69 Å². The highest BCUT2D eigenvalue weighted by Crippen LogP contribution is 2.28. The van der Waals surface area contributed by atoms with Crippen LogP contribution in [0, 0.1) is 0 Å². The van der Waals surface area contributed by atoms with Gasteiger partial charge in [-0.3, -0.25) is 4.79 Å². The average molecular weight is 282 g/mol. The van der Waals surface area contributed by atoms with Gasteiger partial charge in [0.1, 0.15) is 11.3 Å². The zero-order chi connectivity index (χ0) is 14.8. The minimum atomic E-state index is -0.0700. The molecule has 0 radical (unpaired) electrons. The Bertz CT molecular complexity index is 682. The van der Waals surface area contributed by atoms with Gasteiger partial charge in [0.25, 0.3) is 5.91 Å². The molecule has 0 fully saturated rings. The van der Waals surface area contributed by atoms with Gasteiger partial charge >= 0.3 is 0 Å². The predicted octanol–water partition coefficient (Wildman–Crippen LogP) is 2.48. The van der Waals surface area contributed by atoms with Crippen molar-refractivity contribution in [2.75, 3.05) is 19.4 Å². The smallest absolute Gasteiger partial charge is 0.260 e. The molecule has 1 amide bonds. The van der Waals surface area contributed by atoms with Gasteiger partial charge in [0.15, 0.2) is 0 Å². The van der Waals surface area contributed by atoms with Crippen LogP contribution in [0.3, 0.4) is 0 Å². The Labute approximate surface area is 124 Å². The Kier molecular flexibility index (Phi) is 3.52. The van der Waals surface area contributed by atoms with Crippen LogP contribution in [0.2, 0.25) is 0 Å². The predicted molar refractivity (Wildman–Crippen MR) is 82.3 cm³/mol. The molecule has 108 valence electrons. The molecule has 0 atom stereocenters. The van der Waals surface area contributed by atoms with Crippen molar-refractivity contribution in [2.45, 2.75) is 13.0 Å². The SMILES string of the molecule is COc1cccc(N)c1C(=O)N1CCc2ccccc2C1. The fourth-order valence-electron chi connectivity index (χ4n) is 2.77. The number of hydrogen-bond donors (Lipinski definition) is 1. The van der Waals surface area contributed by atoms with Crippen molar-refractivity contribution in [3.63, 3.8) is 0 Å². The van der Waals surface area contributed by atoms with Gasteiger partial charge in [0.05, 0.1) is 7.11 Å². The number of methoxy groups -OCH3 is 1. The van der Waals surface area contributed by atoms with E-state index in [1.807, 2.05) is 17.0 Å². The first-order valence-electron chi connectivity index (χ1n) is 6.99. The lowest BCUT2D eigenvalue weighted by Gasteiger charge is -2.29. The van der Waals surface area contributed by atoms with E-state index in [0.29, 0.717) is 30.1 Å². The Morgan fingerprint density at radius 2 is 1.90 bits per heavy atom. The number of nitrogen functional groups attached to an aromatic ring is 1. The molecule has 0 aliphatic carbocycles. The second-order valence-electron chi connectivity index (χ2n) is 5.17. The minimum Gasteiger partial charge on any atom is -0.496 e. The number of nitrogens with two attached hydrogens (primary N) is 1. The summed E-state index contributed by atoms with van der Waals surface area (Å²) in [6.07, 6.45) is 0.872. The summed E-state index contributed by atoms with van der Waals surface area (Å²) in [5.74, 6) is 0.457. The number of nitrogens with zero attached hydrogens (tertiary/aromatic N) is 1. The molecule has 2 aromatic carbocycles. The van der Waals surface area contributed by atoms with Crippen LogP contribution in [0.15, 0.2) is 42.5 Å². The summed E-state index contributed by atoms with van der Waals surface area (Å²) in [6.45, 7) is 1.32. The van der Waals surface area contributed by atoms with Crippen LogP contribution in [-0.4, -0.2) is 24.5 Å². The van der Waals surface area contributed by atoms with Crippen LogP contribution >= 0.6 is 0 Å². The maximum Gasteiger partial charge on any atom is 0.260 e. The normalized spacial score (nSPS) is 13.7. The number of rotatable bonds is 2. The average Bonchev–Trinajstić information content (AvgIpc) is 2.53. The molecule has 0 saturated carbocycles. The Morgan fingerprint density at radius 1 is 1.14 bits per heavy atom. The Hall–Kier alpha value is -2.49. The Balaban J connectivity index is 1.91. The van der Waals surface area contributed by atoms with Crippen molar-refractivity contribution in [1.29, 1.82) is 0 Å². The summed E-state index contributed by atoms with van der Waals surface area (Å²) in [4.78, 5) is 14.6. The fraction of sp³-hybridized carbons (Fsp3) is 0.235. The molecule has 0 bridgehead atoms. The highest BCUT2D eigenvalue weighted by atomic mass is 16.5. The third-order valence-corrected chi connectivity index (χ3v) is 3.91. The summed E-state index contributed by atoms with van der Waals surface area (Å²) >= 11 is 0. The molecule has 0 unspecified atom stereocenters. The number of hydrogen-bond acceptors (Lipinski definition) is 3. The number of amides is 1. The van der Waals surface area contributed by atoms with Crippen LogP contribution < -0.4 is 10.5 Å². The van der Waals surface area contributed by atoms with Crippen molar-refractivity contribution in [1.82, 2.24) is 4.90 Å². The molecular formula is C17H18N2O2. The zero-order valence-corrected chi connectivity index (χ0v) is 12.0. The van der Waals surface area contributed by atoms with Crippen LogP contribution in [-0.2, 0) is 13.0 Å².